The molecule has 0 aromatic heterocycles. The van der Waals surface area contributed by atoms with E-state index in [-0.39, 0.29) is 24.5 Å². The van der Waals surface area contributed by atoms with Crippen molar-refractivity contribution in [2.24, 2.45) is 0 Å². The van der Waals surface area contributed by atoms with E-state index < -0.39 is 5.97 Å². The molecule has 2 aromatic carbocycles. The topological polar surface area (TPSA) is 94.1 Å². The number of benzene rings is 2. The number of carbonyl (C=O) groups excluding carboxylic acids is 1. The largest absolute Gasteiger partial charge is 0.497 e. The van der Waals surface area contributed by atoms with Crippen molar-refractivity contribution in [2.75, 3.05) is 26.6 Å². The second-order valence-corrected chi connectivity index (χ2v) is 5.93. The highest BCUT2D eigenvalue weighted by molar-refractivity contribution is 5.94. The molecule has 144 valence electrons. The van der Waals surface area contributed by atoms with Crippen LogP contribution < -0.4 is 14.8 Å². The van der Waals surface area contributed by atoms with E-state index in [2.05, 4.69) is 5.32 Å². The first kappa shape index (κ1) is 20.3. The first-order valence-electron chi connectivity index (χ1n) is 8.33. The van der Waals surface area contributed by atoms with Crippen molar-refractivity contribution >= 4 is 17.6 Å². The number of carboxylic acid groups (broad SMARTS) is 1. The molecule has 0 unspecified atom stereocenters. The fourth-order valence-corrected chi connectivity index (χ4v) is 2.63. The highest BCUT2D eigenvalue weighted by atomic mass is 16.5. The Morgan fingerprint density at radius 2 is 1.59 bits per heavy atom. The number of rotatable bonds is 9. The van der Waals surface area contributed by atoms with Crippen LogP contribution in [0.2, 0.25) is 0 Å². The van der Waals surface area contributed by atoms with E-state index in [4.69, 9.17) is 14.2 Å². The Kier molecular flexibility index (Phi) is 7.19. The molecule has 0 bridgehead atoms. The number of aromatic carboxylic acids is 1. The maximum atomic E-state index is 12.3. The maximum Gasteiger partial charge on any atom is 0.335 e. The Morgan fingerprint density at radius 1 is 0.926 bits per heavy atom. The highest BCUT2D eigenvalue weighted by Gasteiger charge is 2.10. The van der Waals surface area contributed by atoms with Gasteiger partial charge in [-0.3, -0.25) is 4.79 Å². The number of methoxy groups -OCH3 is 3. The van der Waals surface area contributed by atoms with Gasteiger partial charge in [0.15, 0.2) is 0 Å². The van der Waals surface area contributed by atoms with E-state index in [0.29, 0.717) is 29.2 Å². The Bertz CT molecular complexity index is 796. The number of carboxylic acids is 1. The van der Waals surface area contributed by atoms with Gasteiger partial charge in [-0.05, 0) is 47.9 Å². The molecule has 2 aromatic rings. The normalized spacial score (nSPS) is 10.3. The highest BCUT2D eigenvalue weighted by Crippen LogP contribution is 2.23. The van der Waals surface area contributed by atoms with Gasteiger partial charge < -0.3 is 24.6 Å². The minimum Gasteiger partial charge on any atom is -0.497 e. The third-order valence-corrected chi connectivity index (χ3v) is 3.89. The van der Waals surface area contributed by atoms with Crippen LogP contribution in [0.5, 0.6) is 11.5 Å². The van der Waals surface area contributed by atoms with Gasteiger partial charge in [0.1, 0.15) is 11.5 Å². The van der Waals surface area contributed by atoms with Gasteiger partial charge in [-0.1, -0.05) is 0 Å². The third-order valence-electron chi connectivity index (χ3n) is 3.89. The molecule has 0 aliphatic heterocycles. The number of hydrogen-bond donors (Lipinski definition) is 2. The molecular formula is C20H23NO6. The molecule has 2 N–H and O–H groups in total. The van der Waals surface area contributed by atoms with E-state index in [1.54, 1.807) is 26.4 Å². The van der Waals surface area contributed by atoms with Crippen LogP contribution in [0.25, 0.3) is 0 Å². The van der Waals surface area contributed by atoms with Gasteiger partial charge in [-0.15, -0.1) is 0 Å². The number of amides is 1. The molecule has 0 fully saturated rings. The molecule has 0 aliphatic rings. The molecule has 0 heterocycles. The summed E-state index contributed by atoms with van der Waals surface area (Å²) in [5, 5.41) is 12.0. The molecular weight excluding hydrogens is 350 g/mol. The van der Waals surface area contributed by atoms with Crippen molar-refractivity contribution in [3.63, 3.8) is 0 Å². The van der Waals surface area contributed by atoms with Gasteiger partial charge >= 0.3 is 5.97 Å². The Balaban J connectivity index is 2.06. The van der Waals surface area contributed by atoms with E-state index in [1.807, 2.05) is 12.1 Å². The molecule has 0 radical (unpaired) electrons. The van der Waals surface area contributed by atoms with Crippen molar-refractivity contribution in [3.8, 4) is 11.5 Å². The summed E-state index contributed by atoms with van der Waals surface area (Å²) in [6.45, 7) is 0.258. The molecule has 7 nitrogen and oxygen atoms in total. The van der Waals surface area contributed by atoms with Crippen molar-refractivity contribution < 1.29 is 28.9 Å². The summed E-state index contributed by atoms with van der Waals surface area (Å²) >= 11 is 0. The minimum absolute atomic E-state index is 0.0948. The summed E-state index contributed by atoms with van der Waals surface area (Å²) in [6, 6.07) is 10.1. The molecule has 0 spiro atoms. The molecule has 0 aliphatic carbocycles. The summed E-state index contributed by atoms with van der Waals surface area (Å²) in [5.74, 6) is 0.0286. The molecule has 0 saturated carbocycles. The average Bonchev–Trinajstić information content (AvgIpc) is 2.66. The monoisotopic (exact) mass is 373 g/mol. The minimum atomic E-state index is -1.06. The summed E-state index contributed by atoms with van der Waals surface area (Å²) in [5.41, 5.74) is 2.10. The number of carbonyl (C=O) groups is 2. The summed E-state index contributed by atoms with van der Waals surface area (Å²) in [7, 11) is 4.66. The van der Waals surface area contributed by atoms with Crippen LogP contribution >= 0.6 is 0 Å². The summed E-state index contributed by atoms with van der Waals surface area (Å²) < 4.78 is 15.5. The van der Waals surface area contributed by atoms with Gasteiger partial charge in [0.25, 0.3) is 0 Å². The van der Waals surface area contributed by atoms with Crippen LogP contribution in [0.3, 0.4) is 0 Å². The van der Waals surface area contributed by atoms with Crippen molar-refractivity contribution in [1.82, 2.24) is 0 Å². The van der Waals surface area contributed by atoms with Crippen LogP contribution in [0, 0.1) is 0 Å². The van der Waals surface area contributed by atoms with E-state index in [9.17, 15) is 14.7 Å². The predicted molar refractivity (Wildman–Crippen MR) is 101 cm³/mol. The zero-order chi connectivity index (χ0) is 19.8. The molecule has 7 heteroatoms. The van der Waals surface area contributed by atoms with Crippen molar-refractivity contribution in [3.05, 3.63) is 53.1 Å². The Hall–Kier alpha value is -3.06. The third kappa shape index (κ3) is 6.00. The van der Waals surface area contributed by atoms with Crippen LogP contribution in [0.4, 0.5) is 5.69 Å². The van der Waals surface area contributed by atoms with E-state index in [1.165, 1.54) is 19.2 Å². The van der Waals surface area contributed by atoms with Gasteiger partial charge in [-0.2, -0.15) is 0 Å². The van der Waals surface area contributed by atoms with Crippen LogP contribution in [0.1, 0.15) is 27.9 Å². The Labute approximate surface area is 157 Å². The second-order valence-electron chi connectivity index (χ2n) is 5.93. The number of hydrogen-bond acceptors (Lipinski definition) is 5. The SMILES string of the molecule is COCc1cc(NC(=O)CCc2cc(OC)cc(OC)c2)cc(C(=O)O)c1. The molecule has 2 rings (SSSR count). The first-order chi connectivity index (χ1) is 12.9. The van der Waals surface area contributed by atoms with Crippen LogP contribution in [-0.4, -0.2) is 38.3 Å². The lowest BCUT2D eigenvalue weighted by Gasteiger charge is -2.10. The van der Waals surface area contributed by atoms with Gasteiger partial charge in [0, 0.05) is 25.3 Å². The second kappa shape index (κ2) is 9.59. The standard InChI is InChI=1S/C20H23NO6/c1-25-12-14-6-15(20(23)24)10-16(7-14)21-19(22)5-4-13-8-17(26-2)11-18(9-13)27-3/h6-11H,4-5,12H2,1-3H3,(H,21,22)(H,23,24). The fraction of sp³-hybridized carbons (Fsp3) is 0.300. The number of anilines is 1. The maximum absolute atomic E-state index is 12.3. The lowest BCUT2D eigenvalue weighted by molar-refractivity contribution is -0.116. The zero-order valence-corrected chi connectivity index (χ0v) is 15.6. The zero-order valence-electron chi connectivity index (χ0n) is 15.6. The van der Waals surface area contributed by atoms with Crippen LogP contribution in [0.15, 0.2) is 36.4 Å². The van der Waals surface area contributed by atoms with Crippen LogP contribution in [-0.2, 0) is 22.6 Å². The number of nitrogens with one attached hydrogen (secondary N) is 1. The predicted octanol–water partition coefficient (Wildman–Crippen LogP) is 3.12. The summed E-state index contributed by atoms with van der Waals surface area (Å²) in [6.07, 6.45) is 0.718. The smallest absolute Gasteiger partial charge is 0.335 e. The van der Waals surface area contributed by atoms with Crippen molar-refractivity contribution in [1.29, 1.82) is 0 Å². The van der Waals surface area contributed by atoms with Gasteiger partial charge in [0.05, 0.1) is 26.4 Å². The molecule has 1 amide bonds. The lowest BCUT2D eigenvalue weighted by Crippen LogP contribution is -2.13. The molecule has 27 heavy (non-hydrogen) atoms. The lowest BCUT2D eigenvalue weighted by atomic mass is 10.1. The fourth-order valence-electron chi connectivity index (χ4n) is 2.63. The first-order valence-corrected chi connectivity index (χ1v) is 8.33. The molecule has 0 saturated heterocycles. The van der Waals surface area contributed by atoms with Gasteiger partial charge in [0.2, 0.25) is 5.91 Å². The summed E-state index contributed by atoms with van der Waals surface area (Å²) in [4.78, 5) is 23.5. The quantitative estimate of drug-likeness (QED) is 0.701. The van der Waals surface area contributed by atoms with Crippen molar-refractivity contribution in [2.45, 2.75) is 19.4 Å². The van der Waals surface area contributed by atoms with E-state index >= 15 is 0 Å². The number of ether oxygens (including phenoxy) is 3. The molecule has 0 atom stereocenters. The number of aryl methyl sites for hydroxylation is 1. The Morgan fingerprint density at radius 3 is 2.15 bits per heavy atom. The van der Waals surface area contributed by atoms with E-state index in [0.717, 1.165) is 5.56 Å². The van der Waals surface area contributed by atoms with Gasteiger partial charge in [-0.25, -0.2) is 4.79 Å². The average molecular weight is 373 g/mol.